The van der Waals surface area contributed by atoms with E-state index >= 15 is 0 Å². The maximum atomic E-state index is 13.3. The van der Waals surface area contributed by atoms with Gasteiger partial charge in [-0.15, -0.1) is 11.3 Å². The molecule has 0 bridgehead atoms. The van der Waals surface area contributed by atoms with Crippen LogP contribution in [-0.2, 0) is 0 Å². The van der Waals surface area contributed by atoms with Crippen molar-refractivity contribution in [2.75, 3.05) is 0 Å². The minimum Gasteiger partial charge on any atom is -0.320 e. The molecule has 2 aromatic rings. The van der Waals surface area contributed by atoms with Gasteiger partial charge in [0.05, 0.1) is 6.04 Å². The third-order valence-electron chi connectivity index (χ3n) is 2.21. The summed E-state index contributed by atoms with van der Waals surface area (Å²) in [6, 6.07) is 6.10. The van der Waals surface area contributed by atoms with Crippen molar-refractivity contribution in [2.24, 2.45) is 5.73 Å². The fraction of sp³-hybridized carbons (Fsp3) is 0.0909. The van der Waals surface area contributed by atoms with Crippen LogP contribution in [0, 0.1) is 5.82 Å². The lowest BCUT2D eigenvalue weighted by molar-refractivity contribution is 0.623. The summed E-state index contributed by atoms with van der Waals surface area (Å²) >= 11 is 13.9. The molecule has 90 valence electrons. The number of nitrogens with two attached hydrogens (primary N) is 1. The molecular formula is C11H7Br2ClFNS. The number of halogens is 4. The Hall–Kier alpha value is 0.0600. The molecule has 0 spiro atoms. The van der Waals surface area contributed by atoms with Crippen molar-refractivity contribution in [3.63, 3.8) is 0 Å². The van der Waals surface area contributed by atoms with Crippen molar-refractivity contribution < 1.29 is 4.39 Å². The molecule has 0 aliphatic heterocycles. The lowest BCUT2D eigenvalue weighted by Gasteiger charge is -2.10. The second-order valence-electron chi connectivity index (χ2n) is 3.45. The molecule has 0 fully saturated rings. The van der Waals surface area contributed by atoms with Crippen LogP contribution in [0.5, 0.6) is 0 Å². The maximum absolute atomic E-state index is 13.3. The number of rotatable bonds is 2. The molecule has 2 rings (SSSR count). The largest absolute Gasteiger partial charge is 0.320 e. The van der Waals surface area contributed by atoms with Gasteiger partial charge in [-0.25, -0.2) is 4.39 Å². The van der Waals surface area contributed by atoms with Gasteiger partial charge in [0.15, 0.2) is 0 Å². The summed E-state index contributed by atoms with van der Waals surface area (Å²) < 4.78 is 15.4. The first kappa shape index (κ1) is 13.5. The van der Waals surface area contributed by atoms with Gasteiger partial charge in [-0.1, -0.05) is 27.5 Å². The van der Waals surface area contributed by atoms with Crippen molar-refractivity contribution in [2.45, 2.75) is 6.04 Å². The molecule has 1 nitrogen and oxygen atoms in total. The first-order chi connectivity index (χ1) is 7.97. The van der Waals surface area contributed by atoms with Crippen LogP contribution >= 0.6 is 54.8 Å². The summed E-state index contributed by atoms with van der Waals surface area (Å²) in [6.07, 6.45) is 0. The Morgan fingerprint density at radius 1 is 1.24 bits per heavy atom. The van der Waals surface area contributed by atoms with Gasteiger partial charge in [-0.05, 0) is 45.8 Å². The van der Waals surface area contributed by atoms with E-state index in [0.29, 0.717) is 14.4 Å². The molecule has 1 unspecified atom stereocenters. The van der Waals surface area contributed by atoms with Gasteiger partial charge in [-0.2, -0.15) is 0 Å². The van der Waals surface area contributed by atoms with Crippen LogP contribution in [0.3, 0.4) is 0 Å². The first-order valence-electron chi connectivity index (χ1n) is 4.63. The Morgan fingerprint density at radius 3 is 2.47 bits per heavy atom. The van der Waals surface area contributed by atoms with E-state index in [0.717, 1.165) is 9.35 Å². The third-order valence-corrected chi connectivity index (χ3v) is 5.23. The molecule has 1 aromatic heterocycles. The summed E-state index contributed by atoms with van der Waals surface area (Å²) in [5.74, 6) is -0.313. The predicted octanol–water partition coefficient (Wildman–Crippen LogP) is 5.11. The van der Waals surface area contributed by atoms with Gasteiger partial charge >= 0.3 is 0 Å². The van der Waals surface area contributed by atoms with Gasteiger partial charge in [0.25, 0.3) is 0 Å². The van der Waals surface area contributed by atoms with Crippen LogP contribution < -0.4 is 5.73 Å². The van der Waals surface area contributed by atoms with Gasteiger partial charge in [0.1, 0.15) is 10.2 Å². The fourth-order valence-corrected chi connectivity index (χ4v) is 3.68. The lowest BCUT2D eigenvalue weighted by Crippen LogP contribution is -2.10. The Morgan fingerprint density at radius 2 is 1.94 bits per heavy atom. The highest BCUT2D eigenvalue weighted by Gasteiger charge is 2.15. The maximum Gasteiger partial charge on any atom is 0.124 e. The monoisotopic (exact) mass is 397 g/mol. The normalized spacial score (nSPS) is 12.8. The molecule has 0 aliphatic carbocycles. The molecule has 17 heavy (non-hydrogen) atoms. The molecule has 1 atom stereocenters. The quantitative estimate of drug-likeness (QED) is 0.746. The molecule has 0 aliphatic rings. The molecule has 2 N–H and O–H groups in total. The van der Waals surface area contributed by atoms with E-state index in [9.17, 15) is 4.39 Å². The van der Waals surface area contributed by atoms with Crippen molar-refractivity contribution in [3.8, 4) is 0 Å². The fourth-order valence-electron chi connectivity index (χ4n) is 1.44. The van der Waals surface area contributed by atoms with Crippen molar-refractivity contribution >= 4 is 54.8 Å². The molecule has 6 heteroatoms. The second kappa shape index (κ2) is 5.36. The van der Waals surface area contributed by atoms with Gasteiger partial charge in [0, 0.05) is 13.8 Å². The molecule has 0 radical (unpaired) electrons. The van der Waals surface area contributed by atoms with E-state index in [1.807, 2.05) is 6.07 Å². The zero-order valence-corrected chi connectivity index (χ0v) is 13.1. The molecule has 1 aromatic carbocycles. The minimum absolute atomic E-state index is 0.313. The standard InChI is InChI=1S/C11H7Br2ClFNS/c12-6-1-5(2-7(15)3-6)10(16)9-4-8(13)11(14)17-9/h1-4,10H,16H2. The van der Waals surface area contributed by atoms with E-state index in [4.69, 9.17) is 17.3 Å². The number of benzene rings is 1. The SMILES string of the molecule is NC(c1cc(F)cc(Br)c1)c1cc(Br)c(Cl)s1. The van der Waals surface area contributed by atoms with Gasteiger partial charge in [0.2, 0.25) is 0 Å². The van der Waals surface area contributed by atoms with E-state index in [-0.39, 0.29) is 11.9 Å². The van der Waals surface area contributed by atoms with Crippen LogP contribution in [0.4, 0.5) is 4.39 Å². The van der Waals surface area contributed by atoms with Crippen molar-refractivity contribution in [3.05, 3.63) is 53.8 Å². The molecule has 1 heterocycles. The van der Waals surface area contributed by atoms with E-state index in [1.54, 1.807) is 6.07 Å². The first-order valence-corrected chi connectivity index (χ1v) is 7.41. The summed E-state index contributed by atoms with van der Waals surface area (Å²) in [5, 5.41) is 0. The Kier molecular flexibility index (Phi) is 4.26. The Bertz CT molecular complexity index is 519. The van der Waals surface area contributed by atoms with E-state index in [2.05, 4.69) is 31.9 Å². The second-order valence-corrected chi connectivity index (χ2v) is 6.91. The number of hydrogen-bond donors (Lipinski definition) is 1. The lowest BCUT2D eigenvalue weighted by atomic mass is 10.1. The molecule has 0 saturated carbocycles. The zero-order chi connectivity index (χ0) is 12.6. The van der Waals surface area contributed by atoms with Gasteiger partial charge in [-0.3, -0.25) is 0 Å². The van der Waals surface area contributed by atoms with Crippen LogP contribution in [-0.4, -0.2) is 0 Å². The smallest absolute Gasteiger partial charge is 0.124 e. The third kappa shape index (κ3) is 3.09. The number of hydrogen-bond acceptors (Lipinski definition) is 2. The van der Waals surface area contributed by atoms with Crippen LogP contribution in [0.1, 0.15) is 16.5 Å². The van der Waals surface area contributed by atoms with Crippen LogP contribution in [0.2, 0.25) is 4.34 Å². The average Bonchev–Trinajstić information content (AvgIpc) is 2.57. The average molecular weight is 400 g/mol. The molecule has 0 amide bonds. The Balaban J connectivity index is 2.39. The summed E-state index contributed by atoms with van der Waals surface area (Å²) in [4.78, 5) is 0.888. The highest BCUT2D eigenvalue weighted by Crippen LogP contribution is 2.36. The highest BCUT2D eigenvalue weighted by atomic mass is 79.9. The van der Waals surface area contributed by atoms with Gasteiger partial charge < -0.3 is 5.73 Å². The minimum atomic E-state index is -0.379. The van der Waals surface area contributed by atoms with Crippen molar-refractivity contribution in [1.29, 1.82) is 0 Å². The van der Waals surface area contributed by atoms with Crippen molar-refractivity contribution in [1.82, 2.24) is 0 Å². The van der Waals surface area contributed by atoms with Crippen LogP contribution in [0.25, 0.3) is 0 Å². The molecular weight excluding hydrogens is 392 g/mol. The summed E-state index contributed by atoms with van der Waals surface area (Å²) in [5.41, 5.74) is 6.79. The van der Waals surface area contributed by atoms with Crippen LogP contribution in [0.15, 0.2) is 33.2 Å². The van der Waals surface area contributed by atoms with E-state index < -0.39 is 0 Å². The topological polar surface area (TPSA) is 26.0 Å². The summed E-state index contributed by atoms with van der Waals surface area (Å²) in [6.45, 7) is 0. The highest BCUT2D eigenvalue weighted by molar-refractivity contribution is 9.10. The predicted molar refractivity (Wildman–Crippen MR) is 77.2 cm³/mol. The summed E-state index contributed by atoms with van der Waals surface area (Å²) in [7, 11) is 0. The molecule has 0 saturated heterocycles. The Labute approximate surface area is 124 Å². The zero-order valence-electron chi connectivity index (χ0n) is 8.38. The number of thiophene rings is 1. The van der Waals surface area contributed by atoms with E-state index in [1.165, 1.54) is 23.5 Å².